The van der Waals surface area contributed by atoms with E-state index in [-0.39, 0.29) is 30.1 Å². The Labute approximate surface area is 96.1 Å². The normalized spacial score (nSPS) is 11.1. The van der Waals surface area contributed by atoms with Crippen LogP contribution in [-0.2, 0) is 24.2 Å². The second-order valence-electron chi connectivity index (χ2n) is 3.47. The molecule has 0 N–H and O–H groups in total. The third-order valence-electron chi connectivity index (χ3n) is 2.15. The van der Waals surface area contributed by atoms with Crippen LogP contribution in [0.1, 0.15) is 32.6 Å². The largest absolute Gasteiger partial charge is 0.469 e. The monoisotopic (exact) mass is 250 g/mol. The first-order valence-corrected chi connectivity index (χ1v) is 7.02. The van der Waals surface area contributed by atoms with Crippen molar-refractivity contribution in [3.63, 3.8) is 0 Å². The van der Waals surface area contributed by atoms with Crippen molar-refractivity contribution in [1.82, 2.24) is 0 Å². The molecule has 0 aromatic rings. The number of Topliss-reactive ketones (excluding diaryl/α,β-unsaturated/α-hetero) is 1. The van der Waals surface area contributed by atoms with Gasteiger partial charge >= 0.3 is 5.97 Å². The van der Waals surface area contributed by atoms with Crippen molar-refractivity contribution in [2.45, 2.75) is 32.6 Å². The predicted molar refractivity (Wildman–Crippen MR) is 59.8 cm³/mol. The lowest BCUT2D eigenvalue weighted by Gasteiger charge is -2.02. The van der Waals surface area contributed by atoms with E-state index in [9.17, 15) is 18.0 Å². The molecule has 0 rings (SSSR count). The fourth-order valence-corrected chi connectivity index (χ4v) is 2.37. The van der Waals surface area contributed by atoms with Crippen LogP contribution in [0.25, 0.3) is 0 Å². The second-order valence-corrected chi connectivity index (χ2v) is 5.78. The lowest BCUT2D eigenvalue weighted by atomic mass is 10.2. The fraction of sp³-hybridized carbons (Fsp3) is 0.800. The van der Waals surface area contributed by atoms with Crippen LogP contribution in [-0.4, -0.2) is 38.8 Å². The van der Waals surface area contributed by atoms with Crippen LogP contribution in [0.4, 0.5) is 0 Å². The van der Waals surface area contributed by atoms with Gasteiger partial charge in [-0.15, -0.1) is 0 Å². The molecule has 0 unspecified atom stereocenters. The van der Waals surface area contributed by atoms with Gasteiger partial charge in [-0.25, -0.2) is 8.42 Å². The third kappa shape index (κ3) is 7.39. The number of sulfone groups is 1. The molecular weight excluding hydrogens is 232 g/mol. The topological polar surface area (TPSA) is 77.5 Å². The molecule has 0 bridgehead atoms. The van der Waals surface area contributed by atoms with Crippen molar-refractivity contribution >= 4 is 21.6 Å². The highest BCUT2D eigenvalue weighted by Gasteiger charge is 2.14. The van der Waals surface area contributed by atoms with Crippen molar-refractivity contribution in [3.05, 3.63) is 0 Å². The van der Waals surface area contributed by atoms with Gasteiger partial charge in [0.1, 0.15) is 5.78 Å². The van der Waals surface area contributed by atoms with Crippen LogP contribution < -0.4 is 0 Å². The average Bonchev–Trinajstić information content (AvgIpc) is 2.25. The highest BCUT2D eigenvalue weighted by Crippen LogP contribution is 2.02. The zero-order valence-corrected chi connectivity index (χ0v) is 10.5. The smallest absolute Gasteiger partial charge is 0.306 e. The Morgan fingerprint density at radius 3 is 2.25 bits per heavy atom. The summed E-state index contributed by atoms with van der Waals surface area (Å²) in [5.74, 6) is -0.730. The third-order valence-corrected chi connectivity index (χ3v) is 3.89. The molecule has 0 radical (unpaired) electrons. The van der Waals surface area contributed by atoms with Gasteiger partial charge in [0.25, 0.3) is 0 Å². The number of methoxy groups -OCH3 is 1. The molecule has 6 heteroatoms. The summed E-state index contributed by atoms with van der Waals surface area (Å²) in [6.45, 7) is 1.74. The molecule has 0 aromatic carbocycles. The number of hydrogen-bond acceptors (Lipinski definition) is 5. The first-order chi connectivity index (χ1) is 7.41. The van der Waals surface area contributed by atoms with E-state index >= 15 is 0 Å². The molecule has 5 nitrogen and oxygen atoms in total. The highest BCUT2D eigenvalue weighted by molar-refractivity contribution is 7.91. The van der Waals surface area contributed by atoms with E-state index in [2.05, 4.69) is 4.74 Å². The van der Waals surface area contributed by atoms with Gasteiger partial charge in [0.2, 0.25) is 0 Å². The quantitative estimate of drug-likeness (QED) is 0.593. The van der Waals surface area contributed by atoms with Crippen LogP contribution in [0.5, 0.6) is 0 Å². The minimum Gasteiger partial charge on any atom is -0.469 e. The van der Waals surface area contributed by atoms with E-state index < -0.39 is 15.8 Å². The van der Waals surface area contributed by atoms with Crippen LogP contribution in [0.15, 0.2) is 0 Å². The first-order valence-electron chi connectivity index (χ1n) is 5.20. The Balaban J connectivity index is 3.88. The molecule has 0 spiro atoms. The van der Waals surface area contributed by atoms with Gasteiger partial charge in [0.05, 0.1) is 25.0 Å². The summed E-state index contributed by atoms with van der Waals surface area (Å²) in [4.78, 5) is 21.7. The standard InChI is InChI=1S/C10H18O5S/c1-3-9(11)5-4-7-16(13,14)8-6-10(12)15-2/h3-8H2,1-2H3. The number of carbonyl (C=O) groups is 2. The molecule has 0 amide bonds. The van der Waals surface area contributed by atoms with E-state index in [1.165, 1.54) is 7.11 Å². The molecule has 0 saturated carbocycles. The molecule has 0 aromatic heterocycles. The zero-order chi connectivity index (χ0) is 12.6. The summed E-state index contributed by atoms with van der Waals surface area (Å²) in [6, 6.07) is 0. The minimum absolute atomic E-state index is 0.0459. The SMILES string of the molecule is CCC(=O)CCCS(=O)(=O)CCC(=O)OC. The van der Waals surface area contributed by atoms with E-state index in [0.29, 0.717) is 12.8 Å². The molecule has 0 aliphatic carbocycles. The van der Waals surface area contributed by atoms with Crippen LogP contribution in [0.2, 0.25) is 0 Å². The summed E-state index contributed by atoms with van der Waals surface area (Å²) in [6.07, 6.45) is 0.924. The van der Waals surface area contributed by atoms with Gasteiger partial charge in [0, 0.05) is 12.8 Å². The van der Waals surface area contributed by atoms with Gasteiger partial charge < -0.3 is 4.74 Å². The fourth-order valence-electron chi connectivity index (χ4n) is 1.11. The molecule has 0 aliphatic heterocycles. The van der Waals surface area contributed by atoms with Crippen LogP contribution >= 0.6 is 0 Å². The lowest BCUT2D eigenvalue weighted by Crippen LogP contribution is -2.16. The molecule has 0 fully saturated rings. The van der Waals surface area contributed by atoms with Gasteiger partial charge in [-0.05, 0) is 6.42 Å². The Hall–Kier alpha value is -0.910. The number of carbonyl (C=O) groups excluding carboxylic acids is 2. The maximum absolute atomic E-state index is 11.4. The number of hydrogen-bond donors (Lipinski definition) is 0. The molecule has 0 heterocycles. The van der Waals surface area contributed by atoms with Crippen molar-refractivity contribution in [2.24, 2.45) is 0 Å². The van der Waals surface area contributed by atoms with Crippen molar-refractivity contribution in [2.75, 3.05) is 18.6 Å². The summed E-state index contributed by atoms with van der Waals surface area (Å²) < 4.78 is 27.2. The Morgan fingerprint density at radius 1 is 1.12 bits per heavy atom. The number of ketones is 1. The van der Waals surface area contributed by atoms with Gasteiger partial charge in [0.15, 0.2) is 9.84 Å². The van der Waals surface area contributed by atoms with E-state index in [0.717, 1.165) is 0 Å². The van der Waals surface area contributed by atoms with Crippen molar-refractivity contribution in [1.29, 1.82) is 0 Å². The maximum atomic E-state index is 11.4. The minimum atomic E-state index is -3.24. The van der Waals surface area contributed by atoms with Gasteiger partial charge in [-0.1, -0.05) is 6.92 Å². The molecule has 0 aliphatic rings. The molecule has 0 saturated heterocycles. The number of ether oxygens (including phenoxy) is 1. The van der Waals surface area contributed by atoms with Crippen LogP contribution in [0.3, 0.4) is 0 Å². The molecule has 94 valence electrons. The Morgan fingerprint density at radius 2 is 1.75 bits per heavy atom. The zero-order valence-electron chi connectivity index (χ0n) is 9.69. The predicted octanol–water partition coefficient (Wildman–Crippen LogP) is 0.724. The Bertz CT molecular complexity index is 331. The van der Waals surface area contributed by atoms with E-state index in [1.54, 1.807) is 6.92 Å². The summed E-state index contributed by atoms with van der Waals surface area (Å²) >= 11 is 0. The number of rotatable bonds is 8. The van der Waals surface area contributed by atoms with Crippen molar-refractivity contribution < 1.29 is 22.7 Å². The Kier molecular flexibility index (Phi) is 6.96. The molecule has 0 atom stereocenters. The van der Waals surface area contributed by atoms with E-state index in [1.807, 2.05) is 0 Å². The summed E-state index contributed by atoms with van der Waals surface area (Å²) in [7, 11) is -2.03. The van der Waals surface area contributed by atoms with Crippen LogP contribution in [0, 0.1) is 0 Å². The highest BCUT2D eigenvalue weighted by atomic mass is 32.2. The second kappa shape index (κ2) is 7.38. The lowest BCUT2D eigenvalue weighted by molar-refractivity contribution is -0.140. The van der Waals surface area contributed by atoms with Crippen molar-refractivity contribution in [3.8, 4) is 0 Å². The first kappa shape index (κ1) is 15.1. The van der Waals surface area contributed by atoms with Gasteiger partial charge in [-0.2, -0.15) is 0 Å². The summed E-state index contributed by atoms with van der Waals surface area (Å²) in [5, 5.41) is 0. The van der Waals surface area contributed by atoms with Gasteiger partial charge in [-0.3, -0.25) is 9.59 Å². The molecular formula is C10H18O5S. The molecule has 16 heavy (non-hydrogen) atoms. The number of esters is 1. The summed E-state index contributed by atoms with van der Waals surface area (Å²) in [5.41, 5.74) is 0. The maximum Gasteiger partial charge on any atom is 0.306 e. The average molecular weight is 250 g/mol. The van der Waals surface area contributed by atoms with E-state index in [4.69, 9.17) is 0 Å².